The molecule has 1 unspecified atom stereocenters. The molecular formula is C10H22N2O. The Balaban J connectivity index is 2.24. The van der Waals surface area contributed by atoms with Crippen LogP contribution in [-0.2, 0) is 0 Å². The molecule has 0 aromatic rings. The van der Waals surface area contributed by atoms with Crippen LogP contribution in [0.2, 0.25) is 0 Å². The summed E-state index contributed by atoms with van der Waals surface area (Å²) >= 11 is 0. The van der Waals surface area contributed by atoms with E-state index in [1.165, 1.54) is 32.1 Å². The second kappa shape index (κ2) is 5.58. The maximum absolute atomic E-state index is 8.83. The van der Waals surface area contributed by atoms with Gasteiger partial charge < -0.3 is 15.7 Å². The Hall–Kier alpha value is -0.120. The van der Waals surface area contributed by atoms with Gasteiger partial charge in [0.15, 0.2) is 0 Å². The third kappa shape index (κ3) is 3.63. The van der Waals surface area contributed by atoms with Crippen molar-refractivity contribution < 1.29 is 5.11 Å². The van der Waals surface area contributed by atoms with Gasteiger partial charge in [-0.2, -0.15) is 0 Å². The van der Waals surface area contributed by atoms with E-state index >= 15 is 0 Å². The van der Waals surface area contributed by atoms with Gasteiger partial charge in [0.05, 0.1) is 6.61 Å². The highest BCUT2D eigenvalue weighted by molar-refractivity contribution is 4.76. The van der Waals surface area contributed by atoms with Gasteiger partial charge in [-0.05, 0) is 19.9 Å². The molecule has 0 amide bonds. The van der Waals surface area contributed by atoms with Crippen LogP contribution in [0.1, 0.15) is 32.1 Å². The Labute approximate surface area is 80.9 Å². The van der Waals surface area contributed by atoms with E-state index in [1.54, 1.807) is 0 Å². The molecule has 1 fully saturated rings. The van der Waals surface area contributed by atoms with Crippen molar-refractivity contribution in [2.24, 2.45) is 5.73 Å². The zero-order valence-electron chi connectivity index (χ0n) is 8.58. The molecule has 0 aromatic heterocycles. The molecular weight excluding hydrogens is 164 g/mol. The quantitative estimate of drug-likeness (QED) is 0.675. The lowest BCUT2D eigenvalue weighted by Crippen LogP contribution is -2.43. The first-order valence-corrected chi connectivity index (χ1v) is 5.30. The average molecular weight is 186 g/mol. The van der Waals surface area contributed by atoms with E-state index in [-0.39, 0.29) is 12.6 Å². The number of aliphatic hydroxyl groups excluding tert-OH is 1. The average Bonchev–Trinajstić information content (AvgIpc) is 2.19. The number of aliphatic hydroxyl groups is 1. The third-order valence-electron chi connectivity index (χ3n) is 2.96. The summed E-state index contributed by atoms with van der Waals surface area (Å²) in [6.45, 7) is 0.915. The van der Waals surface area contributed by atoms with Crippen molar-refractivity contribution >= 4 is 0 Å². The minimum absolute atomic E-state index is 0.0769. The highest BCUT2D eigenvalue weighted by Crippen LogP contribution is 2.21. The molecule has 1 saturated carbocycles. The van der Waals surface area contributed by atoms with Crippen molar-refractivity contribution in [3.8, 4) is 0 Å². The molecule has 1 rings (SSSR count). The van der Waals surface area contributed by atoms with E-state index < -0.39 is 0 Å². The van der Waals surface area contributed by atoms with Crippen LogP contribution in [0.25, 0.3) is 0 Å². The van der Waals surface area contributed by atoms with Crippen LogP contribution >= 0.6 is 0 Å². The van der Waals surface area contributed by atoms with Gasteiger partial charge in [-0.25, -0.2) is 0 Å². The van der Waals surface area contributed by atoms with Crippen molar-refractivity contribution in [2.45, 2.75) is 44.2 Å². The molecule has 0 radical (unpaired) electrons. The topological polar surface area (TPSA) is 49.5 Å². The zero-order valence-corrected chi connectivity index (χ0v) is 8.58. The Morgan fingerprint density at radius 2 is 2.00 bits per heavy atom. The molecule has 0 aromatic carbocycles. The monoisotopic (exact) mass is 186 g/mol. The molecule has 78 valence electrons. The molecule has 1 aliphatic carbocycles. The molecule has 0 spiro atoms. The minimum Gasteiger partial charge on any atom is -0.395 e. The van der Waals surface area contributed by atoms with Gasteiger partial charge in [-0.3, -0.25) is 0 Å². The van der Waals surface area contributed by atoms with Crippen LogP contribution in [-0.4, -0.2) is 42.3 Å². The maximum Gasteiger partial charge on any atom is 0.0595 e. The molecule has 3 nitrogen and oxygen atoms in total. The van der Waals surface area contributed by atoms with Gasteiger partial charge in [0, 0.05) is 18.6 Å². The Morgan fingerprint density at radius 1 is 1.38 bits per heavy atom. The number of nitrogens with two attached hydrogens (primary N) is 1. The fourth-order valence-corrected chi connectivity index (χ4v) is 2.10. The second-order valence-electron chi connectivity index (χ2n) is 4.17. The number of likely N-dealkylation sites (N-methyl/N-ethyl adjacent to an activating group) is 1. The third-order valence-corrected chi connectivity index (χ3v) is 2.96. The van der Waals surface area contributed by atoms with Crippen LogP contribution < -0.4 is 5.73 Å². The molecule has 1 atom stereocenters. The van der Waals surface area contributed by atoms with Crippen molar-refractivity contribution in [1.29, 1.82) is 0 Å². The van der Waals surface area contributed by atoms with Crippen molar-refractivity contribution in [2.75, 3.05) is 20.2 Å². The lowest BCUT2D eigenvalue weighted by Gasteiger charge is -2.32. The fraction of sp³-hybridized carbons (Fsp3) is 1.00. The van der Waals surface area contributed by atoms with E-state index in [0.29, 0.717) is 6.04 Å². The summed E-state index contributed by atoms with van der Waals surface area (Å²) in [5.74, 6) is 0. The van der Waals surface area contributed by atoms with Crippen LogP contribution in [0.15, 0.2) is 0 Å². The molecule has 0 aliphatic heterocycles. The van der Waals surface area contributed by atoms with E-state index in [9.17, 15) is 0 Å². The van der Waals surface area contributed by atoms with E-state index in [4.69, 9.17) is 10.8 Å². The Bertz CT molecular complexity index is 135. The molecule has 3 heteroatoms. The summed E-state index contributed by atoms with van der Waals surface area (Å²) in [6, 6.07) is 0.623. The molecule has 13 heavy (non-hydrogen) atoms. The van der Waals surface area contributed by atoms with Gasteiger partial charge in [0.1, 0.15) is 0 Å². The van der Waals surface area contributed by atoms with Crippen LogP contribution in [0.5, 0.6) is 0 Å². The highest BCUT2D eigenvalue weighted by Gasteiger charge is 2.18. The van der Waals surface area contributed by atoms with Gasteiger partial charge in [0.25, 0.3) is 0 Å². The van der Waals surface area contributed by atoms with Gasteiger partial charge in [-0.15, -0.1) is 0 Å². The number of hydrogen-bond donors (Lipinski definition) is 2. The standard InChI is InChI=1S/C10H22N2O/c1-12(7-9(11)8-13)10-5-3-2-4-6-10/h9-10,13H,2-8,11H2,1H3. The number of hydrogen-bond acceptors (Lipinski definition) is 3. The summed E-state index contributed by atoms with van der Waals surface area (Å²) < 4.78 is 0. The predicted molar refractivity (Wildman–Crippen MR) is 54.6 cm³/mol. The smallest absolute Gasteiger partial charge is 0.0595 e. The van der Waals surface area contributed by atoms with Gasteiger partial charge in [0.2, 0.25) is 0 Å². The Morgan fingerprint density at radius 3 is 2.54 bits per heavy atom. The summed E-state index contributed by atoms with van der Waals surface area (Å²) in [4.78, 5) is 2.31. The number of rotatable bonds is 4. The number of nitrogens with zero attached hydrogens (tertiary/aromatic N) is 1. The summed E-state index contributed by atoms with van der Waals surface area (Å²) in [6.07, 6.45) is 6.69. The maximum atomic E-state index is 8.83. The van der Waals surface area contributed by atoms with Gasteiger partial charge in [-0.1, -0.05) is 19.3 Å². The molecule has 1 aliphatic rings. The SMILES string of the molecule is CN(CC(N)CO)C1CCCCC1. The van der Waals surface area contributed by atoms with Crippen molar-refractivity contribution in [1.82, 2.24) is 4.90 Å². The van der Waals surface area contributed by atoms with E-state index in [0.717, 1.165) is 6.54 Å². The highest BCUT2D eigenvalue weighted by atomic mass is 16.3. The predicted octanol–water partition coefficient (Wildman–Crippen LogP) is 0.570. The summed E-state index contributed by atoms with van der Waals surface area (Å²) in [5, 5.41) is 8.83. The second-order valence-corrected chi connectivity index (χ2v) is 4.17. The largest absolute Gasteiger partial charge is 0.395 e. The molecule has 0 heterocycles. The Kier molecular flexibility index (Phi) is 4.70. The van der Waals surface area contributed by atoms with Crippen LogP contribution in [0, 0.1) is 0 Å². The lowest BCUT2D eigenvalue weighted by atomic mass is 9.94. The summed E-state index contributed by atoms with van der Waals surface area (Å²) in [7, 11) is 2.12. The molecule has 3 N–H and O–H groups in total. The van der Waals surface area contributed by atoms with Crippen molar-refractivity contribution in [3.63, 3.8) is 0 Å². The van der Waals surface area contributed by atoms with Crippen LogP contribution in [0.3, 0.4) is 0 Å². The van der Waals surface area contributed by atoms with Gasteiger partial charge >= 0.3 is 0 Å². The first-order chi connectivity index (χ1) is 6.24. The first kappa shape index (κ1) is 11.0. The molecule has 0 saturated heterocycles. The fourth-order valence-electron chi connectivity index (χ4n) is 2.10. The van der Waals surface area contributed by atoms with E-state index in [2.05, 4.69) is 11.9 Å². The summed E-state index contributed by atoms with van der Waals surface area (Å²) in [5.41, 5.74) is 5.69. The van der Waals surface area contributed by atoms with E-state index in [1.807, 2.05) is 0 Å². The zero-order chi connectivity index (χ0) is 9.68. The molecule has 0 bridgehead atoms. The minimum atomic E-state index is -0.0769. The lowest BCUT2D eigenvalue weighted by molar-refractivity contribution is 0.159. The van der Waals surface area contributed by atoms with Crippen LogP contribution in [0.4, 0.5) is 0 Å². The van der Waals surface area contributed by atoms with Crippen molar-refractivity contribution in [3.05, 3.63) is 0 Å². The normalized spacial score (nSPS) is 22.2. The first-order valence-electron chi connectivity index (χ1n) is 5.30.